The molecular weight excluding hydrogens is 260 g/mol. The third kappa shape index (κ3) is 5.00. The summed E-state index contributed by atoms with van der Waals surface area (Å²) in [6, 6.07) is -0.0393. The number of nitrogens with one attached hydrogen (secondary N) is 1. The summed E-state index contributed by atoms with van der Waals surface area (Å²) in [7, 11) is 1.76. The average Bonchev–Trinajstić information content (AvgIpc) is 2.34. The number of urea groups is 1. The Hall–Kier alpha value is -1.30. The van der Waals surface area contributed by atoms with Crippen molar-refractivity contribution in [2.24, 2.45) is 5.92 Å². The van der Waals surface area contributed by atoms with Gasteiger partial charge in [0.25, 0.3) is 0 Å². The third-order valence-electron chi connectivity index (χ3n) is 4.04. The van der Waals surface area contributed by atoms with Crippen LogP contribution in [0.15, 0.2) is 0 Å². The van der Waals surface area contributed by atoms with Crippen molar-refractivity contribution in [1.82, 2.24) is 10.2 Å². The molecule has 0 bridgehead atoms. The highest BCUT2D eigenvalue weighted by atomic mass is 16.4. The van der Waals surface area contributed by atoms with Gasteiger partial charge in [-0.3, -0.25) is 4.79 Å². The Kier molecular flexibility index (Phi) is 5.80. The molecule has 1 aliphatic rings. The molecule has 0 aromatic rings. The summed E-state index contributed by atoms with van der Waals surface area (Å²) in [5.74, 6) is -0.613. The molecule has 1 saturated carbocycles. The van der Waals surface area contributed by atoms with Crippen LogP contribution in [0.1, 0.15) is 46.0 Å². The predicted molar refractivity (Wildman–Crippen MR) is 75.5 cm³/mol. The van der Waals surface area contributed by atoms with Gasteiger partial charge in [0.15, 0.2) is 0 Å². The first-order valence-corrected chi connectivity index (χ1v) is 7.18. The summed E-state index contributed by atoms with van der Waals surface area (Å²) in [6.45, 7) is 3.49. The smallest absolute Gasteiger partial charge is 0.317 e. The minimum Gasteiger partial charge on any atom is -0.481 e. The number of rotatable bonds is 5. The Morgan fingerprint density at radius 3 is 2.50 bits per heavy atom. The lowest BCUT2D eigenvalue weighted by molar-refractivity contribution is -0.141. The van der Waals surface area contributed by atoms with E-state index in [0.717, 1.165) is 19.3 Å². The van der Waals surface area contributed by atoms with Gasteiger partial charge in [-0.05, 0) is 25.7 Å². The zero-order chi connectivity index (χ0) is 15.3. The molecule has 1 fully saturated rings. The molecular formula is C14H26N2O4. The molecule has 116 valence electrons. The lowest BCUT2D eigenvalue weighted by atomic mass is 9.85. The van der Waals surface area contributed by atoms with Crippen LogP contribution in [0.5, 0.6) is 0 Å². The summed E-state index contributed by atoms with van der Waals surface area (Å²) in [4.78, 5) is 24.4. The number of carbonyl (C=O) groups excluding carboxylic acids is 1. The molecule has 0 aliphatic heterocycles. The fourth-order valence-electron chi connectivity index (χ4n) is 2.80. The number of carboxylic acids is 1. The van der Waals surface area contributed by atoms with Crippen LogP contribution in [-0.4, -0.2) is 52.3 Å². The summed E-state index contributed by atoms with van der Waals surface area (Å²) < 4.78 is 0. The Morgan fingerprint density at radius 1 is 1.35 bits per heavy atom. The zero-order valence-corrected chi connectivity index (χ0v) is 12.6. The molecule has 0 saturated heterocycles. The van der Waals surface area contributed by atoms with Crippen LogP contribution < -0.4 is 5.32 Å². The summed E-state index contributed by atoms with van der Waals surface area (Å²) in [6.07, 6.45) is 4.07. The quantitative estimate of drug-likeness (QED) is 0.713. The average molecular weight is 286 g/mol. The van der Waals surface area contributed by atoms with Crippen LogP contribution in [0.3, 0.4) is 0 Å². The van der Waals surface area contributed by atoms with Gasteiger partial charge in [0.2, 0.25) is 0 Å². The van der Waals surface area contributed by atoms with Crippen molar-refractivity contribution in [2.75, 3.05) is 13.6 Å². The van der Waals surface area contributed by atoms with E-state index in [1.165, 1.54) is 13.3 Å². The third-order valence-corrected chi connectivity index (χ3v) is 4.04. The van der Waals surface area contributed by atoms with E-state index in [2.05, 4.69) is 12.2 Å². The summed E-state index contributed by atoms with van der Waals surface area (Å²) in [5.41, 5.74) is -1.43. The number of aliphatic hydroxyl groups is 1. The number of hydrogen-bond donors (Lipinski definition) is 3. The molecule has 6 nitrogen and oxygen atoms in total. The van der Waals surface area contributed by atoms with Crippen molar-refractivity contribution in [1.29, 1.82) is 0 Å². The normalized spacial score (nSPS) is 25.6. The van der Waals surface area contributed by atoms with E-state index in [1.54, 1.807) is 11.9 Å². The Balaban J connectivity index is 2.47. The maximum Gasteiger partial charge on any atom is 0.317 e. The minimum atomic E-state index is -1.43. The molecule has 1 rings (SSSR count). The molecule has 0 radical (unpaired) electrons. The Labute approximate surface area is 120 Å². The van der Waals surface area contributed by atoms with Crippen molar-refractivity contribution in [3.05, 3.63) is 0 Å². The number of carbonyl (C=O) groups is 2. The number of aliphatic carboxylic acids is 1. The first kappa shape index (κ1) is 16.8. The van der Waals surface area contributed by atoms with E-state index < -0.39 is 18.0 Å². The Morgan fingerprint density at radius 2 is 1.95 bits per heavy atom. The largest absolute Gasteiger partial charge is 0.481 e. The fourth-order valence-corrected chi connectivity index (χ4v) is 2.80. The molecule has 20 heavy (non-hydrogen) atoms. The van der Waals surface area contributed by atoms with Gasteiger partial charge in [-0.25, -0.2) is 4.79 Å². The molecule has 3 N–H and O–H groups in total. The minimum absolute atomic E-state index is 0.0659. The van der Waals surface area contributed by atoms with Gasteiger partial charge in [-0.1, -0.05) is 19.8 Å². The summed E-state index contributed by atoms with van der Waals surface area (Å²) in [5, 5.41) is 21.2. The lowest BCUT2D eigenvalue weighted by Crippen LogP contribution is -2.51. The molecule has 3 unspecified atom stereocenters. The van der Waals surface area contributed by atoms with Crippen LogP contribution >= 0.6 is 0 Å². The van der Waals surface area contributed by atoms with Crippen LogP contribution in [0.2, 0.25) is 0 Å². The highest BCUT2D eigenvalue weighted by Gasteiger charge is 2.30. The summed E-state index contributed by atoms with van der Waals surface area (Å²) >= 11 is 0. The van der Waals surface area contributed by atoms with E-state index in [1.807, 2.05) is 0 Å². The van der Waals surface area contributed by atoms with E-state index in [9.17, 15) is 14.7 Å². The topological polar surface area (TPSA) is 89.9 Å². The first-order chi connectivity index (χ1) is 9.23. The van der Waals surface area contributed by atoms with E-state index in [-0.39, 0.29) is 18.6 Å². The second-order valence-corrected chi connectivity index (χ2v) is 6.17. The Bertz CT molecular complexity index is 357. The van der Waals surface area contributed by atoms with Gasteiger partial charge in [0.05, 0.1) is 12.0 Å². The zero-order valence-electron chi connectivity index (χ0n) is 12.6. The number of amides is 2. The van der Waals surface area contributed by atoms with Gasteiger partial charge in [-0.15, -0.1) is 0 Å². The maximum atomic E-state index is 12.1. The van der Waals surface area contributed by atoms with Crippen LogP contribution in [0, 0.1) is 5.92 Å². The second-order valence-electron chi connectivity index (χ2n) is 6.17. The lowest BCUT2D eigenvalue weighted by Gasteiger charge is -2.36. The SMILES string of the molecule is CC1CCCCC1N(C)C(=O)NCC(C)(O)CC(=O)O. The molecule has 0 aromatic carbocycles. The first-order valence-electron chi connectivity index (χ1n) is 7.18. The molecule has 6 heteroatoms. The molecule has 3 atom stereocenters. The van der Waals surface area contributed by atoms with Crippen molar-refractivity contribution in [3.63, 3.8) is 0 Å². The van der Waals surface area contributed by atoms with Gasteiger partial charge < -0.3 is 20.4 Å². The highest BCUT2D eigenvalue weighted by molar-refractivity contribution is 5.74. The fraction of sp³-hybridized carbons (Fsp3) is 0.857. The predicted octanol–water partition coefficient (Wildman–Crippen LogP) is 1.43. The highest BCUT2D eigenvalue weighted by Crippen LogP contribution is 2.27. The van der Waals surface area contributed by atoms with Gasteiger partial charge in [-0.2, -0.15) is 0 Å². The van der Waals surface area contributed by atoms with Gasteiger partial charge in [0.1, 0.15) is 0 Å². The van der Waals surface area contributed by atoms with Gasteiger partial charge >= 0.3 is 12.0 Å². The van der Waals surface area contributed by atoms with E-state index >= 15 is 0 Å². The number of nitrogens with zero attached hydrogens (tertiary/aromatic N) is 1. The monoisotopic (exact) mass is 286 g/mol. The molecule has 2 amide bonds. The number of hydrogen-bond acceptors (Lipinski definition) is 3. The van der Waals surface area contributed by atoms with Crippen LogP contribution in [0.4, 0.5) is 4.79 Å². The number of carboxylic acid groups (broad SMARTS) is 1. The molecule has 0 spiro atoms. The molecule has 1 aliphatic carbocycles. The molecule has 0 heterocycles. The standard InChI is InChI=1S/C14H26N2O4/c1-10-6-4-5-7-11(10)16(3)13(19)15-9-14(2,20)8-12(17)18/h10-11,20H,4-9H2,1-3H3,(H,15,19)(H,17,18). The van der Waals surface area contributed by atoms with Gasteiger partial charge in [0, 0.05) is 19.6 Å². The molecule has 0 aromatic heterocycles. The van der Waals surface area contributed by atoms with Crippen LogP contribution in [0.25, 0.3) is 0 Å². The van der Waals surface area contributed by atoms with Crippen LogP contribution in [-0.2, 0) is 4.79 Å². The van der Waals surface area contributed by atoms with E-state index in [0.29, 0.717) is 5.92 Å². The van der Waals surface area contributed by atoms with Crippen molar-refractivity contribution in [2.45, 2.75) is 57.6 Å². The van der Waals surface area contributed by atoms with Crippen molar-refractivity contribution in [3.8, 4) is 0 Å². The van der Waals surface area contributed by atoms with Crippen molar-refractivity contribution >= 4 is 12.0 Å². The van der Waals surface area contributed by atoms with E-state index in [4.69, 9.17) is 5.11 Å². The van der Waals surface area contributed by atoms with Crippen molar-refractivity contribution < 1.29 is 19.8 Å². The second kappa shape index (κ2) is 6.92. The maximum absolute atomic E-state index is 12.1.